The summed E-state index contributed by atoms with van der Waals surface area (Å²) in [5.74, 6) is 0.527. The lowest BCUT2D eigenvalue weighted by atomic mass is 9.96. The second kappa shape index (κ2) is 11.2. The Hall–Kier alpha value is -3.70. The fraction of sp³-hybridized carbons (Fsp3) is 0.321. The molecule has 4 heterocycles. The Kier molecular flexibility index (Phi) is 7.72. The van der Waals surface area contributed by atoms with Crippen LogP contribution in [0.4, 0.5) is 5.82 Å². The van der Waals surface area contributed by atoms with Gasteiger partial charge in [-0.15, -0.1) is 0 Å². The third-order valence-electron chi connectivity index (χ3n) is 7.11. The minimum absolute atomic E-state index is 0.198. The normalized spacial score (nSPS) is 17.4. The molecule has 11 heteroatoms. The lowest BCUT2D eigenvalue weighted by Gasteiger charge is -2.32. The van der Waals surface area contributed by atoms with Gasteiger partial charge in [0.2, 0.25) is 5.91 Å². The van der Waals surface area contributed by atoms with E-state index in [4.69, 9.17) is 27.7 Å². The van der Waals surface area contributed by atoms with Crippen molar-refractivity contribution in [2.24, 2.45) is 11.7 Å². The van der Waals surface area contributed by atoms with Crippen molar-refractivity contribution in [2.45, 2.75) is 26.2 Å². The summed E-state index contributed by atoms with van der Waals surface area (Å²) in [5, 5.41) is 0. The summed E-state index contributed by atoms with van der Waals surface area (Å²) >= 11 is 6.73. The Balaban J connectivity index is 1.46. The molecule has 2 aromatic heterocycles. The van der Waals surface area contributed by atoms with E-state index in [-0.39, 0.29) is 23.3 Å². The number of thioether (sulfide) groups is 1. The van der Waals surface area contributed by atoms with E-state index in [2.05, 4.69) is 0 Å². The number of nitrogens with two attached hydrogens (primary N) is 1. The second-order valence-electron chi connectivity index (χ2n) is 9.68. The number of aromatic nitrogens is 2. The maximum Gasteiger partial charge on any atom is 0.267 e. The van der Waals surface area contributed by atoms with Gasteiger partial charge in [0.1, 0.15) is 21.5 Å². The molecule has 1 aromatic carbocycles. The number of aryl methyl sites for hydroxylation is 1. The third kappa shape index (κ3) is 5.55. The summed E-state index contributed by atoms with van der Waals surface area (Å²) in [6, 6.07) is 11.4. The molecule has 9 nitrogen and oxygen atoms in total. The number of methoxy groups -OCH3 is 1. The highest BCUT2D eigenvalue weighted by Gasteiger charge is 2.33. The van der Waals surface area contributed by atoms with Gasteiger partial charge in [-0.2, -0.15) is 0 Å². The average molecular weight is 564 g/mol. The van der Waals surface area contributed by atoms with Gasteiger partial charge in [-0.3, -0.25) is 23.7 Å². The van der Waals surface area contributed by atoms with E-state index in [0.29, 0.717) is 65.2 Å². The van der Waals surface area contributed by atoms with E-state index < -0.39 is 0 Å². The number of nitrogens with zero attached hydrogens (tertiary/aromatic N) is 4. The standard InChI is InChI=1S/C28H29N5O4S2/c1-17-3-8-23-30-25(31-12-10-19(11-13-31)24(29)34)21(26(35)33(23)16-17)15-22-27(36)32(28(38)39-22)14-9-18-4-6-20(37-2)7-5-18/h3-8,15-16,19H,9-14H2,1-2H3,(H2,29,34). The molecule has 0 radical (unpaired) electrons. The molecule has 0 aliphatic carbocycles. The first-order chi connectivity index (χ1) is 18.7. The molecule has 2 N–H and O–H groups in total. The Morgan fingerprint density at radius 2 is 1.90 bits per heavy atom. The fourth-order valence-electron chi connectivity index (χ4n) is 4.85. The van der Waals surface area contributed by atoms with Crippen molar-refractivity contribution in [3.8, 4) is 5.75 Å². The highest BCUT2D eigenvalue weighted by molar-refractivity contribution is 8.26. The number of anilines is 1. The van der Waals surface area contributed by atoms with Crippen molar-refractivity contribution in [3.63, 3.8) is 0 Å². The monoisotopic (exact) mass is 563 g/mol. The number of thiocarbonyl (C=S) groups is 1. The van der Waals surface area contributed by atoms with Crippen molar-refractivity contribution >= 4 is 57.7 Å². The van der Waals surface area contributed by atoms with Gasteiger partial charge in [0, 0.05) is 31.7 Å². The number of benzene rings is 1. The van der Waals surface area contributed by atoms with Crippen LogP contribution in [0.1, 0.15) is 29.5 Å². The second-order valence-corrected chi connectivity index (χ2v) is 11.4. The van der Waals surface area contributed by atoms with Crippen LogP contribution < -0.4 is 20.9 Å². The van der Waals surface area contributed by atoms with E-state index in [9.17, 15) is 14.4 Å². The Morgan fingerprint density at radius 3 is 2.56 bits per heavy atom. The largest absolute Gasteiger partial charge is 0.497 e. The SMILES string of the molecule is COc1ccc(CCN2C(=O)C(=Cc3c(N4CCC(C(N)=O)CC4)nc4ccc(C)cn4c3=O)SC2=S)cc1. The molecule has 0 spiro atoms. The number of hydrogen-bond acceptors (Lipinski definition) is 8. The van der Waals surface area contributed by atoms with E-state index >= 15 is 0 Å². The van der Waals surface area contributed by atoms with Crippen molar-refractivity contribution < 1.29 is 14.3 Å². The van der Waals surface area contributed by atoms with Crippen LogP contribution in [0.25, 0.3) is 11.7 Å². The first kappa shape index (κ1) is 26.9. The number of fused-ring (bicyclic) bond motifs is 1. The summed E-state index contributed by atoms with van der Waals surface area (Å²) in [6.07, 6.45) is 5.15. The number of primary amides is 1. The summed E-state index contributed by atoms with van der Waals surface area (Å²) in [6.45, 7) is 3.40. The molecule has 2 saturated heterocycles. The van der Waals surface area contributed by atoms with E-state index in [1.54, 1.807) is 30.3 Å². The maximum atomic E-state index is 13.7. The third-order valence-corrected chi connectivity index (χ3v) is 8.49. The number of carbonyl (C=O) groups excluding carboxylic acids is 2. The molecule has 0 bridgehead atoms. The molecule has 39 heavy (non-hydrogen) atoms. The van der Waals surface area contributed by atoms with Crippen molar-refractivity contribution in [1.82, 2.24) is 14.3 Å². The van der Waals surface area contributed by atoms with Crippen molar-refractivity contribution in [2.75, 3.05) is 31.6 Å². The molecule has 2 aliphatic heterocycles. The van der Waals surface area contributed by atoms with Crippen molar-refractivity contribution in [1.29, 1.82) is 0 Å². The fourth-order valence-corrected chi connectivity index (χ4v) is 6.14. The van der Waals surface area contributed by atoms with Crippen LogP contribution in [0, 0.1) is 12.8 Å². The number of piperidine rings is 1. The number of ether oxygens (including phenoxy) is 1. The lowest BCUT2D eigenvalue weighted by molar-refractivity contribution is -0.123. The van der Waals surface area contributed by atoms with Gasteiger partial charge in [-0.25, -0.2) is 4.98 Å². The zero-order valence-corrected chi connectivity index (χ0v) is 23.4. The van der Waals surface area contributed by atoms with Crippen LogP contribution in [0.3, 0.4) is 0 Å². The summed E-state index contributed by atoms with van der Waals surface area (Å²) < 4.78 is 7.17. The molecule has 0 unspecified atom stereocenters. The predicted octanol–water partition coefficient (Wildman–Crippen LogP) is 3.16. The first-order valence-corrected chi connectivity index (χ1v) is 13.9. The van der Waals surface area contributed by atoms with Crippen LogP contribution in [0.15, 0.2) is 52.3 Å². The minimum atomic E-state index is -0.310. The molecule has 2 amide bonds. The topological polar surface area (TPSA) is 110 Å². The zero-order chi connectivity index (χ0) is 27.7. The molecule has 2 aliphatic rings. The van der Waals surface area contributed by atoms with Gasteiger partial charge in [-0.1, -0.05) is 42.2 Å². The van der Waals surface area contributed by atoms with Crippen LogP contribution in [0.2, 0.25) is 0 Å². The zero-order valence-electron chi connectivity index (χ0n) is 21.8. The number of rotatable bonds is 7. The molecular weight excluding hydrogens is 534 g/mol. The highest BCUT2D eigenvalue weighted by atomic mass is 32.2. The molecule has 5 rings (SSSR count). The van der Waals surface area contributed by atoms with Gasteiger partial charge in [0.25, 0.3) is 11.5 Å². The molecule has 0 saturated carbocycles. The van der Waals surface area contributed by atoms with Gasteiger partial charge in [0.05, 0.1) is 17.6 Å². The van der Waals surface area contributed by atoms with Crippen LogP contribution in [-0.4, -0.2) is 57.2 Å². The van der Waals surface area contributed by atoms with Gasteiger partial charge < -0.3 is 15.4 Å². The van der Waals surface area contributed by atoms with E-state index in [1.165, 1.54) is 16.2 Å². The number of carbonyl (C=O) groups is 2. The Labute approximate surface area is 235 Å². The molecule has 202 valence electrons. The number of pyridine rings is 1. The van der Waals surface area contributed by atoms with E-state index in [0.717, 1.165) is 16.9 Å². The first-order valence-electron chi connectivity index (χ1n) is 12.7. The minimum Gasteiger partial charge on any atom is -0.497 e. The average Bonchev–Trinajstić information content (AvgIpc) is 3.21. The van der Waals surface area contributed by atoms with Gasteiger partial charge in [-0.05, 0) is 61.6 Å². The summed E-state index contributed by atoms with van der Waals surface area (Å²) in [7, 11) is 1.62. The number of hydrogen-bond donors (Lipinski definition) is 1. The predicted molar refractivity (Wildman–Crippen MR) is 157 cm³/mol. The summed E-state index contributed by atoms with van der Waals surface area (Å²) in [5.41, 5.74) is 8.07. The van der Waals surface area contributed by atoms with Crippen molar-refractivity contribution in [3.05, 3.63) is 74.5 Å². The van der Waals surface area contributed by atoms with Crippen LogP contribution >= 0.6 is 24.0 Å². The lowest BCUT2D eigenvalue weighted by Crippen LogP contribution is -2.40. The molecule has 0 atom stereocenters. The van der Waals surface area contributed by atoms with Gasteiger partial charge in [0.15, 0.2) is 0 Å². The molecule has 2 fully saturated rings. The summed E-state index contributed by atoms with van der Waals surface area (Å²) in [4.78, 5) is 47.6. The van der Waals surface area contributed by atoms with E-state index in [1.807, 2.05) is 42.2 Å². The smallest absolute Gasteiger partial charge is 0.267 e. The maximum absolute atomic E-state index is 13.7. The Bertz CT molecular complexity index is 1540. The van der Waals surface area contributed by atoms with Crippen LogP contribution in [-0.2, 0) is 16.0 Å². The molecule has 3 aromatic rings. The van der Waals surface area contributed by atoms with Crippen LogP contribution in [0.5, 0.6) is 5.75 Å². The van der Waals surface area contributed by atoms with Gasteiger partial charge >= 0.3 is 0 Å². The number of amides is 2. The molecular formula is C28H29N5O4S2. The Morgan fingerprint density at radius 1 is 1.18 bits per heavy atom. The highest BCUT2D eigenvalue weighted by Crippen LogP contribution is 2.34. The quantitative estimate of drug-likeness (QED) is 0.345.